The molecule has 3 rings (SSSR count). The first-order chi connectivity index (χ1) is 12.8. The van der Waals surface area contributed by atoms with Gasteiger partial charge in [-0.2, -0.15) is 18.2 Å². The van der Waals surface area contributed by atoms with E-state index in [0.29, 0.717) is 11.1 Å². The molecule has 2 heterocycles. The molecule has 0 unspecified atom stereocenters. The maximum atomic E-state index is 12.5. The van der Waals surface area contributed by atoms with Gasteiger partial charge < -0.3 is 13.8 Å². The molecule has 0 atom stereocenters. The molecule has 0 spiro atoms. The molecule has 0 saturated heterocycles. The molecule has 0 fully saturated rings. The van der Waals surface area contributed by atoms with Crippen molar-refractivity contribution < 1.29 is 27.2 Å². The summed E-state index contributed by atoms with van der Waals surface area (Å²) < 4.78 is 47.6. The van der Waals surface area contributed by atoms with E-state index in [0.717, 1.165) is 6.07 Å². The van der Waals surface area contributed by atoms with Crippen molar-refractivity contribution in [1.29, 1.82) is 0 Å². The molecule has 140 valence electrons. The van der Waals surface area contributed by atoms with Crippen molar-refractivity contribution in [3.63, 3.8) is 0 Å². The summed E-state index contributed by atoms with van der Waals surface area (Å²) in [4.78, 5) is 26.8. The zero-order valence-electron chi connectivity index (χ0n) is 13.9. The number of nitrogens with zero attached hydrogens (tertiary/aromatic N) is 3. The van der Waals surface area contributed by atoms with Gasteiger partial charge in [0, 0.05) is 17.8 Å². The molecule has 2 aromatic heterocycles. The normalized spacial score (nSPS) is 11.4. The second-order valence-corrected chi connectivity index (χ2v) is 5.49. The number of pyridine rings is 1. The highest BCUT2D eigenvalue weighted by Crippen LogP contribution is 2.29. The van der Waals surface area contributed by atoms with Gasteiger partial charge >= 0.3 is 18.0 Å². The molecule has 0 amide bonds. The number of ether oxygens (including phenoxy) is 1. The van der Waals surface area contributed by atoms with Crippen LogP contribution in [0.3, 0.4) is 0 Å². The Bertz CT molecular complexity index is 1020. The number of aromatic nitrogens is 3. The summed E-state index contributed by atoms with van der Waals surface area (Å²) in [5.74, 6) is -2.21. The highest BCUT2D eigenvalue weighted by molar-refractivity contribution is 5.88. The third-order valence-electron chi connectivity index (χ3n) is 3.65. The van der Waals surface area contributed by atoms with Crippen molar-refractivity contribution >= 4 is 5.97 Å². The maximum absolute atomic E-state index is 12.5. The fourth-order valence-electron chi connectivity index (χ4n) is 2.30. The van der Waals surface area contributed by atoms with Crippen LogP contribution in [0.4, 0.5) is 13.2 Å². The van der Waals surface area contributed by atoms with Gasteiger partial charge in [-0.25, -0.2) is 4.79 Å². The standard InChI is InChI=1S/C17H12F3N3O4/c1-26-15(25)12-6-7-23(13(24)8-12)9-10-2-4-11(5-3-10)14-21-16(27-22-14)17(18,19)20/h2-8H,9H2,1H3. The number of hydrogen-bond acceptors (Lipinski definition) is 6. The predicted molar refractivity (Wildman–Crippen MR) is 85.9 cm³/mol. The first-order valence-electron chi connectivity index (χ1n) is 7.57. The number of methoxy groups -OCH3 is 1. The first-order valence-corrected chi connectivity index (χ1v) is 7.57. The lowest BCUT2D eigenvalue weighted by Crippen LogP contribution is -2.21. The van der Waals surface area contributed by atoms with Crippen molar-refractivity contribution in [3.05, 3.63) is 70.0 Å². The molecule has 0 aliphatic heterocycles. The molecule has 0 saturated carbocycles. The van der Waals surface area contributed by atoms with E-state index in [1.165, 1.54) is 36.1 Å². The van der Waals surface area contributed by atoms with Gasteiger partial charge in [0.2, 0.25) is 5.82 Å². The molecule has 10 heteroatoms. The zero-order valence-corrected chi connectivity index (χ0v) is 13.9. The van der Waals surface area contributed by atoms with Crippen LogP contribution in [-0.2, 0) is 17.5 Å². The summed E-state index contributed by atoms with van der Waals surface area (Å²) in [5.41, 5.74) is 0.805. The van der Waals surface area contributed by atoms with E-state index in [1.807, 2.05) is 0 Å². The summed E-state index contributed by atoms with van der Waals surface area (Å²) in [6.07, 6.45) is -3.25. The smallest absolute Gasteiger partial charge is 0.465 e. The number of rotatable bonds is 4. The van der Waals surface area contributed by atoms with Crippen LogP contribution in [0, 0.1) is 0 Å². The van der Waals surface area contributed by atoms with Gasteiger partial charge in [0.1, 0.15) is 0 Å². The highest BCUT2D eigenvalue weighted by Gasteiger charge is 2.38. The molecule has 0 bridgehead atoms. The second kappa shape index (κ2) is 7.06. The van der Waals surface area contributed by atoms with Crippen LogP contribution >= 0.6 is 0 Å². The Labute approximate surface area is 150 Å². The SMILES string of the molecule is COC(=O)c1ccn(Cc2ccc(-c3noc(C(F)(F)F)n3)cc2)c(=O)c1. The Kier molecular flexibility index (Phi) is 4.80. The number of hydrogen-bond donors (Lipinski definition) is 0. The molecule has 0 aliphatic carbocycles. The molecular weight excluding hydrogens is 367 g/mol. The third-order valence-corrected chi connectivity index (χ3v) is 3.65. The molecule has 0 N–H and O–H groups in total. The summed E-state index contributed by atoms with van der Waals surface area (Å²) in [6.45, 7) is 0.209. The fourth-order valence-corrected chi connectivity index (χ4v) is 2.30. The summed E-state index contributed by atoms with van der Waals surface area (Å²) in [5, 5.41) is 3.31. The Morgan fingerprint density at radius 1 is 1.22 bits per heavy atom. The topological polar surface area (TPSA) is 87.2 Å². The van der Waals surface area contributed by atoms with Crippen LogP contribution in [0.25, 0.3) is 11.4 Å². The van der Waals surface area contributed by atoms with Crippen LogP contribution in [0.5, 0.6) is 0 Å². The van der Waals surface area contributed by atoms with E-state index in [2.05, 4.69) is 19.4 Å². The number of carbonyl (C=O) groups excluding carboxylic acids is 1. The average Bonchev–Trinajstić information content (AvgIpc) is 3.14. The van der Waals surface area contributed by atoms with Gasteiger partial charge in [0.25, 0.3) is 5.56 Å². The maximum Gasteiger partial charge on any atom is 0.471 e. The molecule has 7 nitrogen and oxygen atoms in total. The van der Waals surface area contributed by atoms with Gasteiger partial charge in [-0.05, 0) is 11.6 Å². The molecule has 27 heavy (non-hydrogen) atoms. The van der Waals surface area contributed by atoms with Crippen molar-refractivity contribution in [2.24, 2.45) is 0 Å². The van der Waals surface area contributed by atoms with E-state index in [-0.39, 0.29) is 17.9 Å². The van der Waals surface area contributed by atoms with Gasteiger partial charge in [-0.15, -0.1) is 0 Å². The number of benzene rings is 1. The van der Waals surface area contributed by atoms with E-state index in [9.17, 15) is 22.8 Å². The third kappa shape index (κ3) is 4.05. The summed E-state index contributed by atoms with van der Waals surface area (Å²) >= 11 is 0. The largest absolute Gasteiger partial charge is 0.471 e. The van der Waals surface area contributed by atoms with E-state index in [4.69, 9.17) is 0 Å². The van der Waals surface area contributed by atoms with Crippen molar-refractivity contribution in [3.8, 4) is 11.4 Å². The lowest BCUT2D eigenvalue weighted by molar-refractivity contribution is -0.159. The van der Waals surface area contributed by atoms with Gasteiger partial charge in [0.05, 0.1) is 19.2 Å². The Hall–Kier alpha value is -3.43. The van der Waals surface area contributed by atoms with E-state index in [1.54, 1.807) is 12.1 Å². The Balaban J connectivity index is 1.77. The lowest BCUT2D eigenvalue weighted by atomic mass is 10.1. The van der Waals surface area contributed by atoms with Crippen molar-refractivity contribution in [2.75, 3.05) is 7.11 Å². The van der Waals surface area contributed by atoms with Crippen LogP contribution in [0.15, 0.2) is 51.9 Å². The monoisotopic (exact) mass is 379 g/mol. The first kappa shape index (κ1) is 18.4. The Morgan fingerprint density at radius 2 is 1.93 bits per heavy atom. The van der Waals surface area contributed by atoms with E-state index < -0.39 is 23.6 Å². The second-order valence-electron chi connectivity index (χ2n) is 5.49. The van der Waals surface area contributed by atoms with Crippen LogP contribution in [-0.4, -0.2) is 27.8 Å². The predicted octanol–water partition coefficient (Wildman–Crippen LogP) is 2.75. The van der Waals surface area contributed by atoms with Gasteiger partial charge in [0.15, 0.2) is 0 Å². The molecule has 3 aromatic rings. The van der Waals surface area contributed by atoms with Crippen LogP contribution in [0.1, 0.15) is 21.8 Å². The molecule has 1 aromatic carbocycles. The zero-order chi connectivity index (χ0) is 19.6. The molecule has 0 aliphatic rings. The molecular formula is C17H12F3N3O4. The summed E-state index contributed by atoms with van der Waals surface area (Å²) in [7, 11) is 1.22. The minimum Gasteiger partial charge on any atom is -0.465 e. The van der Waals surface area contributed by atoms with Crippen LogP contribution < -0.4 is 5.56 Å². The fraction of sp³-hybridized carbons (Fsp3) is 0.176. The highest BCUT2D eigenvalue weighted by atomic mass is 19.4. The minimum absolute atomic E-state index is 0.145. The van der Waals surface area contributed by atoms with Gasteiger partial charge in [-0.3, -0.25) is 4.79 Å². The average molecular weight is 379 g/mol. The minimum atomic E-state index is -4.71. The number of carbonyl (C=O) groups is 1. The summed E-state index contributed by atoms with van der Waals surface area (Å²) in [6, 6.07) is 8.92. The molecule has 0 radical (unpaired) electrons. The van der Waals surface area contributed by atoms with Crippen LogP contribution in [0.2, 0.25) is 0 Å². The van der Waals surface area contributed by atoms with Crippen molar-refractivity contribution in [1.82, 2.24) is 14.7 Å². The van der Waals surface area contributed by atoms with Gasteiger partial charge in [-0.1, -0.05) is 29.4 Å². The number of esters is 1. The number of halogens is 3. The quantitative estimate of drug-likeness (QED) is 0.648. The lowest BCUT2D eigenvalue weighted by Gasteiger charge is -2.07. The van der Waals surface area contributed by atoms with E-state index >= 15 is 0 Å². The Morgan fingerprint density at radius 3 is 2.48 bits per heavy atom. The number of alkyl halides is 3. The van der Waals surface area contributed by atoms with Crippen molar-refractivity contribution in [2.45, 2.75) is 12.7 Å².